The van der Waals surface area contributed by atoms with Crippen LogP contribution in [0.25, 0.3) is 11.1 Å². The second-order valence-corrected chi connectivity index (χ2v) is 4.53. The van der Waals surface area contributed by atoms with Crippen LogP contribution in [0.15, 0.2) is 24.7 Å². The van der Waals surface area contributed by atoms with Crippen molar-refractivity contribution in [1.82, 2.24) is 14.8 Å². The molecule has 2 heterocycles. The van der Waals surface area contributed by atoms with Crippen LogP contribution in [0.1, 0.15) is 18.9 Å². The first-order valence-electron chi connectivity index (χ1n) is 5.52. The molecule has 1 fully saturated rings. The van der Waals surface area contributed by atoms with Crippen LogP contribution in [0.2, 0.25) is 5.15 Å². The first-order valence-corrected chi connectivity index (χ1v) is 5.90. The van der Waals surface area contributed by atoms with Crippen molar-refractivity contribution in [2.24, 2.45) is 0 Å². The zero-order valence-electron chi connectivity index (χ0n) is 9.43. The quantitative estimate of drug-likeness (QED) is 0.786. The van der Waals surface area contributed by atoms with Crippen LogP contribution >= 0.6 is 11.6 Å². The molecule has 0 radical (unpaired) electrons. The minimum Gasteiger partial charge on any atom is -0.496 e. The number of ether oxygens (including phenoxy) is 1. The maximum absolute atomic E-state index is 5.84. The molecule has 5 heteroatoms. The number of halogens is 1. The molecule has 2 aromatic rings. The number of hydrogen-bond donors (Lipinski definition) is 0. The summed E-state index contributed by atoms with van der Waals surface area (Å²) in [5.74, 6) is 0.723. The van der Waals surface area contributed by atoms with E-state index in [9.17, 15) is 0 Å². The molecule has 0 bridgehead atoms. The molecule has 0 aliphatic heterocycles. The zero-order valence-corrected chi connectivity index (χ0v) is 10.2. The van der Waals surface area contributed by atoms with E-state index in [4.69, 9.17) is 16.3 Å². The van der Waals surface area contributed by atoms with Crippen molar-refractivity contribution in [2.75, 3.05) is 7.11 Å². The fourth-order valence-corrected chi connectivity index (χ4v) is 1.96. The zero-order chi connectivity index (χ0) is 11.8. The minimum atomic E-state index is 0.431. The summed E-state index contributed by atoms with van der Waals surface area (Å²) in [6.45, 7) is 0. The summed E-state index contributed by atoms with van der Waals surface area (Å²) in [5, 5.41) is 4.78. The van der Waals surface area contributed by atoms with Gasteiger partial charge in [-0.15, -0.1) is 0 Å². The van der Waals surface area contributed by atoms with Gasteiger partial charge in [0.25, 0.3) is 0 Å². The highest BCUT2D eigenvalue weighted by Gasteiger charge is 2.24. The Kier molecular flexibility index (Phi) is 2.52. The summed E-state index contributed by atoms with van der Waals surface area (Å²) in [5.41, 5.74) is 1.93. The number of nitrogens with zero attached hydrogens (tertiary/aromatic N) is 3. The molecule has 0 N–H and O–H groups in total. The molecule has 3 rings (SSSR count). The summed E-state index contributed by atoms with van der Waals surface area (Å²) in [6, 6.07) is 2.29. The van der Waals surface area contributed by atoms with Crippen LogP contribution in [0, 0.1) is 0 Å². The molecule has 1 aliphatic carbocycles. The number of pyridine rings is 1. The third-order valence-electron chi connectivity index (χ3n) is 2.89. The number of aromatic nitrogens is 3. The van der Waals surface area contributed by atoms with Crippen LogP contribution in [-0.2, 0) is 0 Å². The van der Waals surface area contributed by atoms with E-state index >= 15 is 0 Å². The fraction of sp³-hybridized carbons (Fsp3) is 0.333. The lowest BCUT2D eigenvalue weighted by Crippen LogP contribution is -1.92. The summed E-state index contributed by atoms with van der Waals surface area (Å²) < 4.78 is 7.31. The second kappa shape index (κ2) is 4.04. The van der Waals surface area contributed by atoms with Crippen molar-refractivity contribution in [3.05, 3.63) is 29.8 Å². The van der Waals surface area contributed by atoms with E-state index in [1.807, 2.05) is 17.1 Å². The van der Waals surface area contributed by atoms with Crippen molar-refractivity contribution in [1.29, 1.82) is 0 Å². The molecule has 88 valence electrons. The Morgan fingerprint density at radius 1 is 1.41 bits per heavy atom. The van der Waals surface area contributed by atoms with Crippen molar-refractivity contribution in [3.63, 3.8) is 0 Å². The minimum absolute atomic E-state index is 0.431. The first-order chi connectivity index (χ1) is 8.28. The highest BCUT2D eigenvalue weighted by molar-refractivity contribution is 6.29. The van der Waals surface area contributed by atoms with Crippen molar-refractivity contribution < 1.29 is 4.74 Å². The summed E-state index contributed by atoms with van der Waals surface area (Å²) in [6.07, 6.45) is 8.03. The highest BCUT2D eigenvalue weighted by Crippen LogP contribution is 2.36. The monoisotopic (exact) mass is 249 g/mol. The average Bonchev–Trinajstić information content (AvgIpc) is 3.08. The Morgan fingerprint density at radius 2 is 2.24 bits per heavy atom. The Bertz CT molecular complexity index is 548. The van der Waals surface area contributed by atoms with E-state index in [1.165, 1.54) is 12.8 Å². The van der Waals surface area contributed by atoms with Crippen molar-refractivity contribution in [3.8, 4) is 16.9 Å². The van der Waals surface area contributed by atoms with Gasteiger partial charge in [0.15, 0.2) is 0 Å². The van der Waals surface area contributed by atoms with E-state index in [0.717, 1.165) is 16.9 Å². The molecule has 2 aromatic heterocycles. The van der Waals surface area contributed by atoms with Crippen LogP contribution in [0.3, 0.4) is 0 Å². The Labute approximate surface area is 104 Å². The third-order valence-corrected chi connectivity index (χ3v) is 3.09. The van der Waals surface area contributed by atoms with Crippen LogP contribution in [0.4, 0.5) is 0 Å². The smallest absolute Gasteiger partial charge is 0.132 e. The van der Waals surface area contributed by atoms with E-state index in [0.29, 0.717) is 11.2 Å². The maximum atomic E-state index is 5.84. The van der Waals surface area contributed by atoms with Gasteiger partial charge in [0, 0.05) is 29.6 Å². The van der Waals surface area contributed by atoms with Crippen LogP contribution in [0.5, 0.6) is 5.75 Å². The lowest BCUT2D eigenvalue weighted by Gasteiger charge is -2.05. The molecule has 0 saturated heterocycles. The first kappa shape index (κ1) is 10.6. The summed E-state index contributed by atoms with van der Waals surface area (Å²) in [4.78, 5) is 4.08. The summed E-state index contributed by atoms with van der Waals surface area (Å²) >= 11 is 5.84. The number of methoxy groups -OCH3 is 1. The molecule has 0 spiro atoms. The van der Waals surface area contributed by atoms with Gasteiger partial charge in [-0.05, 0) is 12.8 Å². The molecule has 0 atom stereocenters. The van der Waals surface area contributed by atoms with Crippen molar-refractivity contribution >= 4 is 11.6 Å². The molecule has 4 nitrogen and oxygen atoms in total. The second-order valence-electron chi connectivity index (χ2n) is 4.15. The van der Waals surface area contributed by atoms with Gasteiger partial charge < -0.3 is 4.74 Å². The SMILES string of the molecule is COc1cc(Cl)ncc1-c1cnn(C2CC2)c1. The maximum Gasteiger partial charge on any atom is 0.132 e. The lowest BCUT2D eigenvalue weighted by molar-refractivity contribution is 0.416. The van der Waals surface area contributed by atoms with Gasteiger partial charge in [0.1, 0.15) is 10.9 Å². The average molecular weight is 250 g/mol. The van der Waals surface area contributed by atoms with E-state index < -0.39 is 0 Å². The van der Waals surface area contributed by atoms with E-state index in [1.54, 1.807) is 19.4 Å². The van der Waals surface area contributed by atoms with Crippen LogP contribution < -0.4 is 4.74 Å². The van der Waals surface area contributed by atoms with Gasteiger partial charge in [0.2, 0.25) is 0 Å². The predicted molar refractivity (Wildman–Crippen MR) is 65.3 cm³/mol. The lowest BCUT2D eigenvalue weighted by atomic mass is 10.1. The van der Waals surface area contributed by atoms with Gasteiger partial charge in [-0.3, -0.25) is 4.68 Å². The molecule has 0 unspecified atom stereocenters. The largest absolute Gasteiger partial charge is 0.496 e. The summed E-state index contributed by atoms with van der Waals surface area (Å²) in [7, 11) is 1.63. The Hall–Kier alpha value is -1.55. The third kappa shape index (κ3) is 2.00. The molecule has 0 amide bonds. The fourth-order valence-electron chi connectivity index (χ4n) is 1.81. The van der Waals surface area contributed by atoms with Crippen LogP contribution in [-0.4, -0.2) is 21.9 Å². The molecular formula is C12H12ClN3O. The number of hydrogen-bond acceptors (Lipinski definition) is 3. The molecule has 0 aromatic carbocycles. The van der Waals surface area contributed by atoms with Gasteiger partial charge in [-0.25, -0.2) is 4.98 Å². The topological polar surface area (TPSA) is 39.9 Å². The molecule has 17 heavy (non-hydrogen) atoms. The van der Waals surface area contributed by atoms with Gasteiger partial charge in [-0.2, -0.15) is 5.10 Å². The molecular weight excluding hydrogens is 238 g/mol. The highest BCUT2D eigenvalue weighted by atomic mass is 35.5. The molecule has 1 aliphatic rings. The van der Waals surface area contributed by atoms with Gasteiger partial charge >= 0.3 is 0 Å². The Morgan fingerprint density at radius 3 is 2.94 bits per heavy atom. The predicted octanol–water partition coefficient (Wildman–Crippen LogP) is 2.94. The van der Waals surface area contributed by atoms with Gasteiger partial charge in [0.05, 0.1) is 19.3 Å². The normalized spacial score (nSPS) is 14.9. The van der Waals surface area contributed by atoms with E-state index in [-0.39, 0.29) is 0 Å². The van der Waals surface area contributed by atoms with Crippen molar-refractivity contribution in [2.45, 2.75) is 18.9 Å². The van der Waals surface area contributed by atoms with E-state index in [2.05, 4.69) is 10.1 Å². The Balaban J connectivity index is 2.01. The standard InChI is InChI=1S/C12H12ClN3O/c1-17-11-4-12(13)14-6-10(11)8-5-15-16(7-8)9-2-3-9/h4-7,9H,2-3H2,1H3. The number of rotatable bonds is 3. The van der Waals surface area contributed by atoms with Gasteiger partial charge in [-0.1, -0.05) is 11.6 Å². The molecule has 1 saturated carbocycles.